The Kier molecular flexibility index (Phi) is 4.96. The second kappa shape index (κ2) is 7.70. The monoisotopic (exact) mass is 445 g/mol. The molecule has 3 heterocycles. The molecule has 2 aromatic carbocycles. The number of H-pyrrole nitrogens is 2. The third kappa shape index (κ3) is 3.26. The van der Waals surface area contributed by atoms with Crippen LogP contribution < -0.4 is 5.32 Å². The van der Waals surface area contributed by atoms with Gasteiger partial charge in [0, 0.05) is 52.3 Å². The standard InChI is InChI=1S/C25H24ClN5O/c1-25(19-13-29-22-8-7-15(11-27)9-17(19)22)10-23(20(26)14-31(25)2)30-24(32)18-12-28-21-6-4-3-5-16(18)21/h3-9,12-13,20,23,28-29H,10,14H2,1-2H3,(H,30,32). The van der Waals surface area contributed by atoms with Crippen molar-refractivity contribution in [1.29, 1.82) is 5.26 Å². The van der Waals surface area contributed by atoms with Gasteiger partial charge in [0.1, 0.15) is 0 Å². The van der Waals surface area contributed by atoms with E-state index in [9.17, 15) is 10.1 Å². The summed E-state index contributed by atoms with van der Waals surface area (Å²) in [5, 5.41) is 14.2. The van der Waals surface area contributed by atoms with Crippen molar-refractivity contribution in [2.75, 3.05) is 13.6 Å². The molecule has 0 spiro atoms. The molecule has 3 N–H and O–H groups in total. The molecule has 1 fully saturated rings. The van der Waals surface area contributed by atoms with Gasteiger partial charge in [0.2, 0.25) is 0 Å². The number of nitriles is 1. The fraction of sp³-hybridized carbons (Fsp3) is 0.280. The van der Waals surface area contributed by atoms with Crippen LogP contribution in [0.15, 0.2) is 54.9 Å². The van der Waals surface area contributed by atoms with Gasteiger partial charge in [0.25, 0.3) is 5.91 Å². The summed E-state index contributed by atoms with van der Waals surface area (Å²) in [6.45, 7) is 2.80. The Morgan fingerprint density at radius 2 is 1.94 bits per heavy atom. The Morgan fingerprint density at radius 1 is 1.19 bits per heavy atom. The van der Waals surface area contributed by atoms with Crippen molar-refractivity contribution in [2.24, 2.45) is 0 Å². The maximum Gasteiger partial charge on any atom is 0.253 e. The van der Waals surface area contributed by atoms with E-state index in [1.165, 1.54) is 0 Å². The van der Waals surface area contributed by atoms with E-state index in [0.717, 1.165) is 27.4 Å². The molecule has 0 bridgehead atoms. The summed E-state index contributed by atoms with van der Waals surface area (Å²) >= 11 is 6.74. The first kappa shape index (κ1) is 20.6. The van der Waals surface area contributed by atoms with E-state index in [1.807, 2.05) is 48.7 Å². The van der Waals surface area contributed by atoms with Crippen molar-refractivity contribution < 1.29 is 4.79 Å². The quantitative estimate of drug-likeness (QED) is 0.406. The lowest BCUT2D eigenvalue weighted by Crippen LogP contribution is -2.58. The molecule has 0 radical (unpaired) electrons. The van der Waals surface area contributed by atoms with Crippen LogP contribution in [0.4, 0.5) is 0 Å². The number of fused-ring (bicyclic) bond motifs is 2. The van der Waals surface area contributed by atoms with Gasteiger partial charge in [-0.1, -0.05) is 18.2 Å². The number of halogens is 1. The smallest absolute Gasteiger partial charge is 0.253 e. The van der Waals surface area contributed by atoms with Crippen LogP contribution >= 0.6 is 11.6 Å². The first-order valence-electron chi connectivity index (χ1n) is 10.6. The van der Waals surface area contributed by atoms with Gasteiger partial charge < -0.3 is 15.3 Å². The van der Waals surface area contributed by atoms with Gasteiger partial charge in [-0.25, -0.2) is 0 Å². The normalized spacial score (nSPS) is 23.9. The van der Waals surface area contributed by atoms with Crippen molar-refractivity contribution in [3.63, 3.8) is 0 Å². The average molecular weight is 446 g/mol. The van der Waals surface area contributed by atoms with Gasteiger partial charge in [-0.2, -0.15) is 5.26 Å². The largest absolute Gasteiger partial charge is 0.361 e. The maximum atomic E-state index is 13.2. The summed E-state index contributed by atoms with van der Waals surface area (Å²) in [5.74, 6) is -0.129. The van der Waals surface area contributed by atoms with Crippen LogP contribution in [0.3, 0.4) is 0 Å². The third-order valence-electron chi connectivity index (χ3n) is 6.89. The molecule has 1 aliphatic heterocycles. The second-order valence-corrected chi connectivity index (χ2v) is 9.34. The number of aromatic amines is 2. The molecule has 7 heteroatoms. The molecule has 0 aliphatic carbocycles. The third-order valence-corrected chi connectivity index (χ3v) is 7.33. The van der Waals surface area contributed by atoms with Gasteiger partial charge in [-0.15, -0.1) is 11.6 Å². The number of amides is 1. The first-order valence-corrected chi connectivity index (χ1v) is 11.1. The molecule has 1 aliphatic rings. The van der Waals surface area contributed by atoms with Crippen molar-refractivity contribution >= 4 is 39.3 Å². The van der Waals surface area contributed by atoms with E-state index < -0.39 is 0 Å². The van der Waals surface area contributed by atoms with Gasteiger partial charge in [0.05, 0.1) is 22.6 Å². The average Bonchev–Trinajstić information content (AvgIpc) is 3.41. The van der Waals surface area contributed by atoms with E-state index in [-0.39, 0.29) is 22.9 Å². The van der Waals surface area contributed by atoms with Crippen molar-refractivity contribution in [2.45, 2.75) is 30.3 Å². The van der Waals surface area contributed by atoms with Crippen molar-refractivity contribution in [3.8, 4) is 6.07 Å². The summed E-state index contributed by atoms with van der Waals surface area (Å²) in [6, 6.07) is 15.5. The van der Waals surface area contributed by atoms with Gasteiger partial charge in [-0.05, 0) is 50.2 Å². The highest BCUT2D eigenvalue weighted by Crippen LogP contribution is 2.41. The minimum absolute atomic E-state index is 0.129. The van der Waals surface area contributed by atoms with Gasteiger partial charge in [-0.3, -0.25) is 9.69 Å². The fourth-order valence-electron chi connectivity index (χ4n) is 4.90. The van der Waals surface area contributed by atoms with E-state index in [4.69, 9.17) is 11.6 Å². The number of piperidine rings is 1. The lowest BCUT2D eigenvalue weighted by Gasteiger charge is -2.48. The van der Waals surface area contributed by atoms with Crippen LogP contribution in [0.25, 0.3) is 21.8 Å². The van der Waals surface area contributed by atoms with Crippen molar-refractivity contribution in [1.82, 2.24) is 20.2 Å². The number of nitrogens with one attached hydrogen (secondary N) is 3. The van der Waals surface area contributed by atoms with E-state index in [1.54, 1.807) is 6.20 Å². The number of alkyl halides is 1. The number of nitrogens with zero attached hydrogens (tertiary/aromatic N) is 2. The number of aromatic nitrogens is 2. The molecule has 3 unspecified atom stereocenters. The minimum atomic E-state index is -0.365. The number of benzene rings is 2. The number of likely N-dealkylation sites (tertiary alicyclic amines) is 1. The Bertz CT molecular complexity index is 1370. The first-order chi connectivity index (χ1) is 15.4. The Morgan fingerprint density at radius 3 is 2.75 bits per heavy atom. The molecular weight excluding hydrogens is 422 g/mol. The molecule has 0 saturated carbocycles. The molecule has 1 saturated heterocycles. The minimum Gasteiger partial charge on any atom is -0.361 e. The van der Waals surface area contributed by atoms with Crippen molar-refractivity contribution in [3.05, 3.63) is 71.5 Å². The van der Waals surface area contributed by atoms with E-state index in [2.05, 4.69) is 40.2 Å². The predicted molar refractivity (Wildman–Crippen MR) is 127 cm³/mol. The lowest BCUT2D eigenvalue weighted by molar-refractivity contribution is 0.0645. The number of hydrogen-bond acceptors (Lipinski definition) is 3. The number of hydrogen-bond donors (Lipinski definition) is 3. The highest BCUT2D eigenvalue weighted by molar-refractivity contribution is 6.21. The number of rotatable bonds is 3. The lowest BCUT2D eigenvalue weighted by atomic mass is 9.79. The second-order valence-electron chi connectivity index (χ2n) is 8.78. The summed E-state index contributed by atoms with van der Waals surface area (Å²) in [4.78, 5) is 21.9. The number of para-hydroxylation sites is 1. The van der Waals surface area contributed by atoms with E-state index in [0.29, 0.717) is 24.1 Å². The fourth-order valence-corrected chi connectivity index (χ4v) is 5.26. The molecule has 4 aromatic rings. The SMILES string of the molecule is CN1CC(Cl)C(NC(=O)c2c[nH]c3ccccc23)CC1(C)c1c[nH]c2ccc(C#N)cc12. The molecule has 5 rings (SSSR count). The summed E-state index contributed by atoms with van der Waals surface area (Å²) in [5.41, 5.74) is 3.90. The molecule has 162 valence electrons. The number of carbonyl (C=O) groups is 1. The molecule has 1 amide bonds. The summed E-state index contributed by atoms with van der Waals surface area (Å²) < 4.78 is 0. The molecular formula is C25H24ClN5O. The molecule has 3 atom stereocenters. The summed E-state index contributed by atoms with van der Waals surface area (Å²) in [7, 11) is 2.06. The topological polar surface area (TPSA) is 87.7 Å². The molecule has 6 nitrogen and oxygen atoms in total. The van der Waals surface area contributed by atoms with Crippen LogP contribution in [0, 0.1) is 11.3 Å². The summed E-state index contributed by atoms with van der Waals surface area (Å²) in [6.07, 6.45) is 4.41. The predicted octanol–water partition coefficient (Wildman–Crippen LogP) is 4.48. The zero-order valence-electron chi connectivity index (χ0n) is 17.9. The molecule has 32 heavy (non-hydrogen) atoms. The Balaban J connectivity index is 1.47. The number of carbonyl (C=O) groups excluding carboxylic acids is 1. The van der Waals surface area contributed by atoms with Gasteiger partial charge in [0.15, 0.2) is 0 Å². The van der Waals surface area contributed by atoms with Crippen LogP contribution in [-0.4, -0.2) is 45.8 Å². The Hall–Kier alpha value is -3.27. The zero-order valence-corrected chi connectivity index (χ0v) is 18.7. The van der Waals surface area contributed by atoms with Crippen LogP contribution in [0.1, 0.15) is 34.8 Å². The van der Waals surface area contributed by atoms with Crippen LogP contribution in [-0.2, 0) is 5.54 Å². The Labute approximate surface area is 191 Å². The molecule has 2 aromatic heterocycles. The van der Waals surface area contributed by atoms with Gasteiger partial charge >= 0.3 is 0 Å². The highest BCUT2D eigenvalue weighted by Gasteiger charge is 2.44. The highest BCUT2D eigenvalue weighted by atomic mass is 35.5. The van der Waals surface area contributed by atoms with Crippen LogP contribution in [0.5, 0.6) is 0 Å². The van der Waals surface area contributed by atoms with E-state index >= 15 is 0 Å². The van der Waals surface area contributed by atoms with Crippen LogP contribution in [0.2, 0.25) is 0 Å². The maximum absolute atomic E-state index is 13.2. The zero-order chi connectivity index (χ0) is 22.5.